The third kappa shape index (κ3) is 3.35. The van der Waals surface area contributed by atoms with Crippen molar-refractivity contribution in [2.75, 3.05) is 11.4 Å². The Bertz CT molecular complexity index is 565. The summed E-state index contributed by atoms with van der Waals surface area (Å²) < 4.78 is 13.5. The smallest absolute Gasteiger partial charge is 0.249 e. The number of nitrogens with zero attached hydrogens (tertiary/aromatic N) is 1. The van der Waals surface area contributed by atoms with E-state index in [0.717, 1.165) is 6.42 Å². The van der Waals surface area contributed by atoms with Crippen LogP contribution in [0.15, 0.2) is 18.2 Å². The van der Waals surface area contributed by atoms with E-state index in [-0.39, 0.29) is 30.7 Å². The molecule has 1 N–H and O–H groups in total. The van der Waals surface area contributed by atoms with Crippen molar-refractivity contribution in [3.05, 3.63) is 29.0 Å². The summed E-state index contributed by atoms with van der Waals surface area (Å²) in [5.74, 6) is -0.897. The van der Waals surface area contributed by atoms with Crippen LogP contribution >= 0.6 is 11.6 Å². The van der Waals surface area contributed by atoms with E-state index in [4.69, 9.17) is 11.6 Å². The fourth-order valence-electron chi connectivity index (χ4n) is 2.35. The van der Waals surface area contributed by atoms with Crippen molar-refractivity contribution in [3.63, 3.8) is 0 Å². The van der Waals surface area contributed by atoms with Gasteiger partial charge in [0.25, 0.3) is 0 Å². The van der Waals surface area contributed by atoms with Crippen LogP contribution < -0.4 is 10.2 Å². The third-order valence-corrected chi connectivity index (χ3v) is 4.14. The van der Waals surface area contributed by atoms with Crippen molar-refractivity contribution in [3.8, 4) is 0 Å². The number of nitrogens with one attached hydrogen (secondary N) is 1. The Morgan fingerprint density at radius 3 is 2.86 bits per heavy atom. The molecule has 2 atom stereocenters. The van der Waals surface area contributed by atoms with E-state index in [1.165, 1.54) is 23.1 Å². The molecule has 1 aliphatic heterocycles. The van der Waals surface area contributed by atoms with Crippen LogP contribution in [0.2, 0.25) is 5.02 Å². The van der Waals surface area contributed by atoms with E-state index in [9.17, 15) is 14.0 Å². The lowest BCUT2D eigenvalue weighted by molar-refractivity contribution is -0.126. The van der Waals surface area contributed by atoms with Gasteiger partial charge in [0, 0.05) is 13.0 Å². The molecular weight excluding hydrogens is 295 g/mol. The lowest BCUT2D eigenvalue weighted by atomic mass is 9.98. The van der Waals surface area contributed by atoms with E-state index in [1.54, 1.807) is 0 Å². The minimum atomic E-state index is -0.607. The topological polar surface area (TPSA) is 49.4 Å². The van der Waals surface area contributed by atoms with E-state index in [1.807, 2.05) is 13.8 Å². The average Bonchev–Trinajstić information content (AvgIpc) is 2.60. The van der Waals surface area contributed by atoms with Gasteiger partial charge in [-0.05, 0) is 24.1 Å². The van der Waals surface area contributed by atoms with E-state index in [0.29, 0.717) is 10.7 Å². The lowest BCUT2D eigenvalue weighted by Gasteiger charge is -2.27. The molecule has 2 amide bonds. The number of carbonyl (C=O) groups is 2. The van der Waals surface area contributed by atoms with Gasteiger partial charge in [0.1, 0.15) is 11.9 Å². The van der Waals surface area contributed by atoms with Crippen LogP contribution in [0, 0.1) is 11.7 Å². The number of amides is 2. The summed E-state index contributed by atoms with van der Waals surface area (Å²) in [5.41, 5.74) is 0.312. The number of hydrogen-bond donors (Lipinski definition) is 1. The highest BCUT2D eigenvalue weighted by Crippen LogP contribution is 2.29. The van der Waals surface area contributed by atoms with Crippen LogP contribution in [0.4, 0.5) is 10.1 Å². The zero-order valence-corrected chi connectivity index (χ0v) is 12.8. The van der Waals surface area contributed by atoms with Crippen molar-refractivity contribution >= 4 is 29.1 Å². The fourth-order valence-corrected chi connectivity index (χ4v) is 2.57. The van der Waals surface area contributed by atoms with Crippen LogP contribution in [0.3, 0.4) is 0 Å². The average molecular weight is 313 g/mol. The molecule has 1 heterocycles. The molecule has 2 unspecified atom stereocenters. The van der Waals surface area contributed by atoms with Crippen molar-refractivity contribution in [2.24, 2.45) is 5.92 Å². The van der Waals surface area contributed by atoms with Gasteiger partial charge in [-0.2, -0.15) is 0 Å². The maximum absolute atomic E-state index is 13.5. The number of benzene rings is 1. The summed E-state index contributed by atoms with van der Waals surface area (Å²) in [6, 6.07) is 3.27. The summed E-state index contributed by atoms with van der Waals surface area (Å²) in [4.78, 5) is 25.9. The first-order chi connectivity index (χ1) is 9.93. The van der Waals surface area contributed by atoms with E-state index in [2.05, 4.69) is 5.32 Å². The Hall–Kier alpha value is -1.62. The normalized spacial score (nSPS) is 21.0. The Labute approximate surface area is 128 Å². The minimum absolute atomic E-state index is 0.00520. The summed E-state index contributed by atoms with van der Waals surface area (Å²) >= 11 is 6.08. The molecule has 0 bridgehead atoms. The molecule has 0 aromatic heterocycles. The highest BCUT2D eigenvalue weighted by Gasteiger charge is 2.34. The number of halogens is 2. The summed E-state index contributed by atoms with van der Waals surface area (Å²) in [6.07, 6.45) is 0.924. The van der Waals surface area contributed by atoms with Crippen molar-refractivity contribution in [1.29, 1.82) is 0 Å². The van der Waals surface area contributed by atoms with Gasteiger partial charge < -0.3 is 10.2 Å². The molecule has 4 nitrogen and oxygen atoms in total. The van der Waals surface area contributed by atoms with Crippen LogP contribution in [-0.2, 0) is 9.59 Å². The van der Waals surface area contributed by atoms with Crippen LogP contribution in [0.5, 0.6) is 0 Å². The largest absolute Gasteiger partial charge is 0.344 e. The minimum Gasteiger partial charge on any atom is -0.344 e. The number of carbonyl (C=O) groups excluding carboxylic acids is 2. The third-order valence-electron chi connectivity index (χ3n) is 3.82. The standard InChI is InChI=1S/C15H18ClFN2O2/c1-3-9(2)14-15(21)19(7-6-13(20)18-14)12-8-10(17)4-5-11(12)16/h4-5,8-9,14H,3,6-7H2,1-2H3,(H,18,20). The molecule has 1 fully saturated rings. The van der Waals surface area contributed by atoms with Crippen LogP contribution in [0.1, 0.15) is 26.7 Å². The van der Waals surface area contributed by atoms with Crippen molar-refractivity contribution in [1.82, 2.24) is 5.32 Å². The van der Waals surface area contributed by atoms with Crippen LogP contribution in [-0.4, -0.2) is 24.4 Å². The summed E-state index contributed by atoms with van der Waals surface area (Å²) in [7, 11) is 0. The Kier molecular flexibility index (Phi) is 4.83. The van der Waals surface area contributed by atoms with Crippen LogP contribution in [0.25, 0.3) is 0 Å². The molecule has 0 saturated carbocycles. The fraction of sp³-hybridized carbons (Fsp3) is 0.467. The van der Waals surface area contributed by atoms with Crippen molar-refractivity contribution < 1.29 is 14.0 Å². The first kappa shape index (κ1) is 15.8. The molecule has 1 aliphatic rings. The molecule has 1 saturated heterocycles. The molecule has 0 aliphatic carbocycles. The molecular formula is C15H18ClFN2O2. The second kappa shape index (κ2) is 6.43. The molecule has 21 heavy (non-hydrogen) atoms. The van der Waals surface area contributed by atoms with Gasteiger partial charge in [-0.3, -0.25) is 9.59 Å². The quantitative estimate of drug-likeness (QED) is 0.933. The maximum Gasteiger partial charge on any atom is 0.249 e. The second-order valence-corrected chi connectivity index (χ2v) is 5.67. The monoisotopic (exact) mass is 312 g/mol. The maximum atomic E-state index is 13.5. The van der Waals surface area contributed by atoms with Gasteiger partial charge in [-0.1, -0.05) is 31.9 Å². The number of rotatable bonds is 3. The molecule has 114 valence electrons. The molecule has 0 spiro atoms. The lowest BCUT2D eigenvalue weighted by Crippen LogP contribution is -2.48. The van der Waals surface area contributed by atoms with Gasteiger partial charge in [0.15, 0.2) is 0 Å². The Morgan fingerprint density at radius 2 is 2.19 bits per heavy atom. The van der Waals surface area contributed by atoms with Gasteiger partial charge in [0.2, 0.25) is 11.8 Å². The Balaban J connectivity index is 2.39. The highest BCUT2D eigenvalue weighted by molar-refractivity contribution is 6.33. The van der Waals surface area contributed by atoms with Crippen molar-refractivity contribution in [2.45, 2.75) is 32.7 Å². The SMILES string of the molecule is CCC(C)C1NC(=O)CCN(c2cc(F)ccc2Cl)C1=O. The molecule has 1 aromatic rings. The Morgan fingerprint density at radius 1 is 1.48 bits per heavy atom. The molecule has 2 rings (SSSR count). The predicted molar refractivity (Wildman–Crippen MR) is 79.8 cm³/mol. The summed E-state index contributed by atoms with van der Waals surface area (Å²) in [6.45, 7) is 4.05. The van der Waals surface area contributed by atoms with Gasteiger partial charge in [-0.15, -0.1) is 0 Å². The van der Waals surface area contributed by atoms with E-state index >= 15 is 0 Å². The first-order valence-corrected chi connectivity index (χ1v) is 7.37. The first-order valence-electron chi connectivity index (χ1n) is 6.99. The number of anilines is 1. The van der Waals surface area contributed by atoms with Gasteiger partial charge in [0.05, 0.1) is 10.7 Å². The second-order valence-electron chi connectivity index (χ2n) is 5.27. The molecule has 1 aromatic carbocycles. The van der Waals surface area contributed by atoms with E-state index < -0.39 is 11.9 Å². The summed E-state index contributed by atoms with van der Waals surface area (Å²) in [5, 5.41) is 3.04. The number of hydrogen-bond acceptors (Lipinski definition) is 2. The van der Waals surface area contributed by atoms with Gasteiger partial charge >= 0.3 is 0 Å². The molecule has 6 heteroatoms. The predicted octanol–water partition coefficient (Wildman–Crippen LogP) is 2.75. The van der Waals surface area contributed by atoms with Gasteiger partial charge in [-0.25, -0.2) is 4.39 Å². The zero-order chi connectivity index (χ0) is 15.6. The highest BCUT2D eigenvalue weighted by atomic mass is 35.5. The zero-order valence-electron chi connectivity index (χ0n) is 12.0. The molecule has 0 radical (unpaired) electrons.